The van der Waals surface area contributed by atoms with Gasteiger partial charge in [-0.25, -0.2) is 4.98 Å². The molecule has 0 bridgehead atoms. The predicted molar refractivity (Wildman–Crippen MR) is 72.2 cm³/mol. The molecule has 0 aliphatic rings. The number of anilines is 1. The van der Waals surface area contributed by atoms with Crippen molar-refractivity contribution in [2.24, 2.45) is 12.8 Å². The number of benzene rings is 1. The zero-order valence-corrected chi connectivity index (χ0v) is 10.7. The van der Waals surface area contributed by atoms with Crippen molar-refractivity contribution in [1.82, 2.24) is 9.55 Å². The van der Waals surface area contributed by atoms with E-state index in [1.807, 2.05) is 7.05 Å². The molecule has 1 amide bonds. The number of aromatic nitrogens is 2. The number of nitrogens with zero attached hydrogens (tertiary/aromatic N) is 2. The molecule has 0 unspecified atom stereocenters. The molecule has 0 aliphatic heterocycles. The first kappa shape index (κ1) is 13.1. The second-order valence-electron chi connectivity index (χ2n) is 4.04. The molecule has 1 aromatic heterocycles. The highest BCUT2D eigenvalue weighted by Crippen LogP contribution is 2.16. The molecule has 0 atom stereocenters. The van der Waals surface area contributed by atoms with E-state index in [0.29, 0.717) is 24.5 Å². The van der Waals surface area contributed by atoms with Crippen molar-refractivity contribution in [3.63, 3.8) is 0 Å². The highest BCUT2D eigenvalue weighted by molar-refractivity contribution is 6.02. The molecule has 0 saturated heterocycles. The number of hydrogen-bond donors (Lipinski definition) is 2. The van der Waals surface area contributed by atoms with E-state index in [4.69, 9.17) is 10.5 Å². The van der Waals surface area contributed by atoms with Crippen LogP contribution < -0.4 is 15.8 Å². The lowest BCUT2D eigenvalue weighted by atomic mass is 10.3. The highest BCUT2D eigenvalue weighted by Gasteiger charge is 2.08. The molecule has 1 heterocycles. The van der Waals surface area contributed by atoms with E-state index in [9.17, 15) is 4.79 Å². The molecular formula is C13H16N4O2. The fraction of sp³-hybridized carbons (Fsp3) is 0.231. The van der Waals surface area contributed by atoms with Crippen LogP contribution in [0.25, 0.3) is 0 Å². The summed E-state index contributed by atoms with van der Waals surface area (Å²) in [5.41, 5.74) is 6.42. The molecule has 6 heteroatoms. The molecule has 100 valence electrons. The van der Waals surface area contributed by atoms with Crippen LogP contribution in [-0.4, -0.2) is 28.6 Å². The number of imidazole rings is 1. The molecule has 0 radical (unpaired) electrons. The Morgan fingerprint density at radius 3 is 2.74 bits per heavy atom. The molecular weight excluding hydrogens is 244 g/mol. The van der Waals surface area contributed by atoms with Crippen molar-refractivity contribution in [1.29, 1.82) is 0 Å². The van der Waals surface area contributed by atoms with Crippen LogP contribution >= 0.6 is 0 Å². The van der Waals surface area contributed by atoms with Crippen molar-refractivity contribution in [2.45, 2.75) is 0 Å². The van der Waals surface area contributed by atoms with Gasteiger partial charge in [-0.15, -0.1) is 0 Å². The summed E-state index contributed by atoms with van der Waals surface area (Å²) in [6.07, 6.45) is 3.24. The maximum Gasteiger partial charge on any atom is 0.275 e. The average molecular weight is 260 g/mol. The number of ether oxygens (including phenoxy) is 1. The number of carbonyl (C=O) groups is 1. The summed E-state index contributed by atoms with van der Waals surface area (Å²) >= 11 is 0. The summed E-state index contributed by atoms with van der Waals surface area (Å²) in [4.78, 5) is 15.8. The third kappa shape index (κ3) is 3.56. The number of rotatable bonds is 5. The van der Waals surface area contributed by atoms with Gasteiger partial charge >= 0.3 is 0 Å². The Morgan fingerprint density at radius 1 is 1.42 bits per heavy atom. The summed E-state index contributed by atoms with van der Waals surface area (Å²) in [6, 6.07) is 7.10. The third-order valence-corrected chi connectivity index (χ3v) is 2.44. The van der Waals surface area contributed by atoms with Crippen LogP contribution in [0.1, 0.15) is 10.5 Å². The number of aryl methyl sites for hydroxylation is 1. The minimum absolute atomic E-state index is 0.240. The molecule has 0 saturated carbocycles. The molecule has 2 aromatic rings. The largest absolute Gasteiger partial charge is 0.492 e. The summed E-state index contributed by atoms with van der Waals surface area (Å²) in [5.74, 6) is 0.484. The van der Waals surface area contributed by atoms with E-state index in [-0.39, 0.29) is 5.91 Å². The summed E-state index contributed by atoms with van der Waals surface area (Å²) in [7, 11) is 1.81. The Morgan fingerprint density at radius 2 is 2.16 bits per heavy atom. The van der Waals surface area contributed by atoms with Crippen LogP contribution in [0.4, 0.5) is 5.69 Å². The van der Waals surface area contributed by atoms with Gasteiger partial charge in [-0.3, -0.25) is 4.79 Å². The van der Waals surface area contributed by atoms with Crippen molar-refractivity contribution in [3.05, 3.63) is 42.5 Å². The second kappa shape index (κ2) is 6.01. The van der Waals surface area contributed by atoms with Crippen molar-refractivity contribution in [2.75, 3.05) is 18.5 Å². The number of nitrogens with two attached hydrogens (primary N) is 1. The lowest BCUT2D eigenvalue weighted by Gasteiger charge is -2.06. The monoisotopic (exact) mass is 260 g/mol. The average Bonchev–Trinajstić information content (AvgIpc) is 2.85. The third-order valence-electron chi connectivity index (χ3n) is 2.44. The predicted octanol–water partition coefficient (Wildman–Crippen LogP) is 1.01. The van der Waals surface area contributed by atoms with Gasteiger partial charge in [-0.2, -0.15) is 0 Å². The van der Waals surface area contributed by atoms with Gasteiger partial charge in [0.15, 0.2) is 0 Å². The first-order chi connectivity index (χ1) is 9.19. The van der Waals surface area contributed by atoms with Gasteiger partial charge in [0.2, 0.25) is 0 Å². The van der Waals surface area contributed by atoms with Gasteiger partial charge < -0.3 is 20.4 Å². The quantitative estimate of drug-likeness (QED) is 0.840. The number of carbonyl (C=O) groups excluding carboxylic acids is 1. The highest BCUT2D eigenvalue weighted by atomic mass is 16.5. The Bertz CT molecular complexity index is 548. The van der Waals surface area contributed by atoms with E-state index >= 15 is 0 Å². The lowest BCUT2D eigenvalue weighted by Crippen LogP contribution is -2.12. The molecule has 0 fully saturated rings. The Balaban J connectivity index is 1.97. The summed E-state index contributed by atoms with van der Waals surface area (Å²) in [6.45, 7) is 0.942. The van der Waals surface area contributed by atoms with Crippen LogP contribution in [0.15, 0.2) is 36.8 Å². The minimum atomic E-state index is -0.240. The van der Waals surface area contributed by atoms with Crippen LogP contribution in [0, 0.1) is 0 Å². The van der Waals surface area contributed by atoms with E-state index in [0.717, 1.165) is 5.75 Å². The van der Waals surface area contributed by atoms with Gasteiger partial charge in [0.05, 0.1) is 6.33 Å². The fourth-order valence-electron chi connectivity index (χ4n) is 1.54. The van der Waals surface area contributed by atoms with Gasteiger partial charge in [0.25, 0.3) is 5.91 Å². The summed E-state index contributed by atoms with van der Waals surface area (Å²) < 4.78 is 7.07. The SMILES string of the molecule is Cn1cnc(C(=O)Nc2ccc(OCCN)cc2)c1. The van der Waals surface area contributed by atoms with Gasteiger partial charge in [0, 0.05) is 25.5 Å². The van der Waals surface area contributed by atoms with Crippen LogP contribution in [0.3, 0.4) is 0 Å². The van der Waals surface area contributed by atoms with E-state index < -0.39 is 0 Å². The molecule has 6 nitrogen and oxygen atoms in total. The number of nitrogens with one attached hydrogen (secondary N) is 1. The van der Waals surface area contributed by atoms with E-state index in [2.05, 4.69) is 10.3 Å². The lowest BCUT2D eigenvalue weighted by molar-refractivity contribution is 0.102. The van der Waals surface area contributed by atoms with Crippen molar-refractivity contribution >= 4 is 11.6 Å². The maximum atomic E-state index is 11.8. The van der Waals surface area contributed by atoms with Gasteiger partial charge in [-0.1, -0.05) is 0 Å². The van der Waals surface area contributed by atoms with Gasteiger partial charge in [0.1, 0.15) is 18.1 Å². The van der Waals surface area contributed by atoms with Crippen LogP contribution in [0.2, 0.25) is 0 Å². The van der Waals surface area contributed by atoms with Crippen LogP contribution in [-0.2, 0) is 7.05 Å². The maximum absolute atomic E-state index is 11.8. The second-order valence-corrected chi connectivity index (χ2v) is 4.04. The molecule has 19 heavy (non-hydrogen) atoms. The summed E-state index contributed by atoms with van der Waals surface area (Å²) in [5, 5.41) is 2.76. The van der Waals surface area contributed by atoms with Crippen LogP contribution in [0.5, 0.6) is 5.75 Å². The molecule has 2 rings (SSSR count). The first-order valence-corrected chi connectivity index (χ1v) is 5.91. The smallest absolute Gasteiger partial charge is 0.275 e. The van der Waals surface area contributed by atoms with E-state index in [1.54, 1.807) is 41.4 Å². The van der Waals surface area contributed by atoms with E-state index in [1.165, 1.54) is 0 Å². The van der Waals surface area contributed by atoms with Gasteiger partial charge in [-0.05, 0) is 24.3 Å². The minimum Gasteiger partial charge on any atom is -0.492 e. The topological polar surface area (TPSA) is 82.2 Å². The normalized spacial score (nSPS) is 10.2. The zero-order valence-electron chi connectivity index (χ0n) is 10.7. The standard InChI is InChI=1S/C13H16N4O2/c1-17-8-12(15-9-17)13(18)16-10-2-4-11(5-3-10)19-7-6-14/h2-5,8-9H,6-7,14H2,1H3,(H,16,18). The Kier molecular flexibility index (Phi) is 4.15. The number of hydrogen-bond acceptors (Lipinski definition) is 4. The Hall–Kier alpha value is -2.34. The Labute approximate surface area is 111 Å². The number of amides is 1. The zero-order chi connectivity index (χ0) is 13.7. The fourth-order valence-corrected chi connectivity index (χ4v) is 1.54. The van der Waals surface area contributed by atoms with Crippen molar-refractivity contribution in [3.8, 4) is 5.75 Å². The first-order valence-electron chi connectivity index (χ1n) is 5.91. The molecule has 0 spiro atoms. The molecule has 0 aliphatic carbocycles. The van der Waals surface area contributed by atoms with Crippen molar-refractivity contribution < 1.29 is 9.53 Å². The molecule has 3 N–H and O–H groups in total. The molecule has 1 aromatic carbocycles.